The molecular weight excluding hydrogens is 244 g/mol. The summed E-state index contributed by atoms with van der Waals surface area (Å²) in [7, 11) is -3.49. The quantitative estimate of drug-likeness (QED) is 0.568. The molecule has 17 heavy (non-hydrogen) atoms. The van der Waals surface area contributed by atoms with Crippen LogP contribution in [0.2, 0.25) is 0 Å². The molecule has 0 aliphatic heterocycles. The zero-order valence-corrected chi connectivity index (χ0v) is 11.4. The highest BCUT2D eigenvalue weighted by Gasteiger charge is 2.17. The van der Waals surface area contributed by atoms with Crippen molar-refractivity contribution in [1.82, 2.24) is 9.44 Å². The van der Waals surface area contributed by atoms with Crippen LogP contribution < -0.4 is 9.44 Å². The van der Waals surface area contributed by atoms with Crippen molar-refractivity contribution in [2.75, 3.05) is 13.1 Å². The molecule has 0 aromatic heterocycles. The maximum Gasteiger partial charge on any atom is 0.303 e. The van der Waals surface area contributed by atoms with E-state index in [1.165, 1.54) is 0 Å². The van der Waals surface area contributed by atoms with Crippen molar-refractivity contribution < 1.29 is 18.3 Å². The van der Waals surface area contributed by atoms with Crippen LogP contribution in [0.25, 0.3) is 0 Å². The van der Waals surface area contributed by atoms with E-state index in [2.05, 4.69) is 9.44 Å². The molecule has 0 saturated carbocycles. The van der Waals surface area contributed by atoms with Crippen LogP contribution in [0.5, 0.6) is 0 Å². The number of hydrogen-bond acceptors (Lipinski definition) is 3. The molecular formula is C10H22N2O4S. The molecule has 0 aromatic rings. The molecule has 0 fully saturated rings. The molecule has 0 aromatic carbocycles. The minimum Gasteiger partial charge on any atom is -0.481 e. The first-order valence-electron chi connectivity index (χ1n) is 5.72. The van der Waals surface area contributed by atoms with E-state index in [0.29, 0.717) is 18.9 Å². The Labute approximate surface area is 103 Å². The zero-order valence-electron chi connectivity index (χ0n) is 10.6. The lowest BCUT2D eigenvalue weighted by molar-refractivity contribution is -0.138. The van der Waals surface area contributed by atoms with Crippen molar-refractivity contribution in [2.45, 2.75) is 33.6 Å². The minimum atomic E-state index is -3.49. The standard InChI is InChI=1S/C10H22N2O4S/c1-4-11-17(15,16)12-7-9(5-8(2)3)6-10(13)14/h8-9,11-12H,4-7H2,1-3H3,(H,13,14)/t9-/m0/s1. The van der Waals surface area contributed by atoms with Crippen LogP contribution in [0.1, 0.15) is 33.6 Å². The van der Waals surface area contributed by atoms with E-state index in [1.807, 2.05) is 13.8 Å². The van der Waals surface area contributed by atoms with Crippen LogP contribution in [0.3, 0.4) is 0 Å². The number of carboxylic acid groups (broad SMARTS) is 1. The van der Waals surface area contributed by atoms with Crippen molar-refractivity contribution in [2.24, 2.45) is 11.8 Å². The van der Waals surface area contributed by atoms with Crippen molar-refractivity contribution >= 4 is 16.2 Å². The predicted octanol–water partition coefficient (Wildman–Crippen LogP) is 0.567. The van der Waals surface area contributed by atoms with Gasteiger partial charge < -0.3 is 5.11 Å². The Morgan fingerprint density at radius 1 is 1.29 bits per heavy atom. The van der Waals surface area contributed by atoms with Crippen LogP contribution in [0.15, 0.2) is 0 Å². The predicted molar refractivity (Wildman–Crippen MR) is 65.8 cm³/mol. The van der Waals surface area contributed by atoms with Gasteiger partial charge in [-0.2, -0.15) is 8.42 Å². The van der Waals surface area contributed by atoms with Crippen molar-refractivity contribution in [3.8, 4) is 0 Å². The first-order valence-corrected chi connectivity index (χ1v) is 7.21. The van der Waals surface area contributed by atoms with Crippen LogP contribution in [0, 0.1) is 11.8 Å². The smallest absolute Gasteiger partial charge is 0.303 e. The normalized spacial score (nSPS) is 13.9. The summed E-state index contributed by atoms with van der Waals surface area (Å²) in [5.41, 5.74) is 0. The molecule has 0 aliphatic rings. The Bertz CT molecular complexity index is 327. The molecule has 1 atom stereocenters. The maximum atomic E-state index is 11.3. The summed E-state index contributed by atoms with van der Waals surface area (Å²) < 4.78 is 27.3. The first kappa shape index (κ1) is 16.3. The highest BCUT2D eigenvalue weighted by Crippen LogP contribution is 2.14. The van der Waals surface area contributed by atoms with Gasteiger partial charge >= 0.3 is 5.97 Å². The Kier molecular flexibility index (Phi) is 7.33. The number of rotatable bonds is 9. The number of carboxylic acids is 1. The molecule has 0 spiro atoms. The van der Waals surface area contributed by atoms with Gasteiger partial charge in [-0.15, -0.1) is 0 Å². The molecule has 6 nitrogen and oxygen atoms in total. The average molecular weight is 266 g/mol. The molecule has 3 N–H and O–H groups in total. The molecule has 102 valence electrons. The highest BCUT2D eigenvalue weighted by molar-refractivity contribution is 7.87. The SMILES string of the molecule is CCNS(=O)(=O)NC[C@H](CC(=O)O)CC(C)C. The summed E-state index contributed by atoms with van der Waals surface area (Å²) in [5, 5.41) is 8.74. The van der Waals surface area contributed by atoms with Crippen LogP contribution in [-0.2, 0) is 15.0 Å². The van der Waals surface area contributed by atoms with E-state index in [4.69, 9.17) is 5.11 Å². The summed E-state index contributed by atoms with van der Waals surface area (Å²) in [6.45, 7) is 6.10. The second kappa shape index (κ2) is 7.62. The molecule has 0 heterocycles. The van der Waals surface area contributed by atoms with Gasteiger partial charge in [-0.25, -0.2) is 9.44 Å². The van der Waals surface area contributed by atoms with Gasteiger partial charge in [-0.3, -0.25) is 4.79 Å². The summed E-state index contributed by atoms with van der Waals surface area (Å²) in [6.07, 6.45) is 0.660. The monoisotopic (exact) mass is 266 g/mol. The third kappa shape index (κ3) is 9.08. The largest absolute Gasteiger partial charge is 0.481 e. The molecule has 7 heteroatoms. The highest BCUT2D eigenvalue weighted by atomic mass is 32.2. The van der Waals surface area contributed by atoms with E-state index in [1.54, 1.807) is 6.92 Å². The molecule has 0 radical (unpaired) electrons. The lowest BCUT2D eigenvalue weighted by atomic mass is 9.94. The fourth-order valence-corrected chi connectivity index (χ4v) is 2.56. The minimum absolute atomic E-state index is 0.0210. The Morgan fingerprint density at radius 2 is 1.88 bits per heavy atom. The van der Waals surface area contributed by atoms with Crippen LogP contribution >= 0.6 is 0 Å². The lowest BCUT2D eigenvalue weighted by Gasteiger charge is -2.17. The lowest BCUT2D eigenvalue weighted by Crippen LogP contribution is -2.39. The van der Waals surface area contributed by atoms with E-state index < -0.39 is 16.2 Å². The van der Waals surface area contributed by atoms with E-state index >= 15 is 0 Å². The molecule has 0 amide bonds. The van der Waals surface area contributed by atoms with Crippen LogP contribution in [-0.4, -0.2) is 32.6 Å². The van der Waals surface area contributed by atoms with Gasteiger partial charge in [0.05, 0.1) is 0 Å². The molecule has 0 bridgehead atoms. The molecule has 0 unspecified atom stereocenters. The Morgan fingerprint density at radius 3 is 2.29 bits per heavy atom. The fourth-order valence-electron chi connectivity index (χ4n) is 1.62. The van der Waals surface area contributed by atoms with E-state index in [9.17, 15) is 13.2 Å². The van der Waals surface area contributed by atoms with Gasteiger partial charge in [0, 0.05) is 19.5 Å². The maximum absolute atomic E-state index is 11.3. The second-order valence-corrected chi connectivity index (χ2v) is 6.03. The summed E-state index contributed by atoms with van der Waals surface area (Å²) >= 11 is 0. The van der Waals surface area contributed by atoms with Gasteiger partial charge in [0.2, 0.25) is 0 Å². The molecule has 0 saturated heterocycles. The third-order valence-corrected chi connectivity index (χ3v) is 3.38. The fraction of sp³-hybridized carbons (Fsp3) is 0.900. The van der Waals surface area contributed by atoms with Gasteiger partial charge in [0.1, 0.15) is 0 Å². The summed E-state index contributed by atoms with van der Waals surface area (Å²) in [4.78, 5) is 10.6. The number of nitrogens with one attached hydrogen (secondary N) is 2. The number of hydrogen-bond donors (Lipinski definition) is 3. The topological polar surface area (TPSA) is 95.5 Å². The molecule has 0 aliphatic carbocycles. The van der Waals surface area contributed by atoms with Gasteiger partial charge in [0.15, 0.2) is 0 Å². The number of carbonyl (C=O) groups is 1. The third-order valence-electron chi connectivity index (χ3n) is 2.16. The number of aliphatic carboxylic acids is 1. The van der Waals surface area contributed by atoms with E-state index in [-0.39, 0.29) is 18.9 Å². The second-order valence-electron chi connectivity index (χ2n) is 4.44. The molecule has 0 rings (SSSR count). The first-order chi connectivity index (χ1) is 7.76. The Balaban J connectivity index is 4.29. The van der Waals surface area contributed by atoms with Crippen molar-refractivity contribution in [1.29, 1.82) is 0 Å². The average Bonchev–Trinajstić information content (AvgIpc) is 2.12. The Hall–Kier alpha value is -0.660. The van der Waals surface area contributed by atoms with Crippen molar-refractivity contribution in [3.05, 3.63) is 0 Å². The van der Waals surface area contributed by atoms with Gasteiger partial charge in [-0.1, -0.05) is 20.8 Å². The van der Waals surface area contributed by atoms with E-state index in [0.717, 1.165) is 0 Å². The summed E-state index contributed by atoms with van der Waals surface area (Å²) in [5.74, 6) is -0.748. The zero-order chi connectivity index (χ0) is 13.5. The van der Waals surface area contributed by atoms with Crippen molar-refractivity contribution in [3.63, 3.8) is 0 Å². The van der Waals surface area contributed by atoms with Gasteiger partial charge in [-0.05, 0) is 18.3 Å². The van der Waals surface area contributed by atoms with Gasteiger partial charge in [0.25, 0.3) is 10.2 Å². The summed E-state index contributed by atoms with van der Waals surface area (Å²) in [6, 6.07) is 0. The van der Waals surface area contributed by atoms with Crippen LogP contribution in [0.4, 0.5) is 0 Å².